The van der Waals surface area contributed by atoms with Crippen LogP contribution >= 0.6 is 0 Å². The molecule has 0 heterocycles. The topological polar surface area (TPSA) is 58.6 Å². The molecule has 6 heteroatoms. The fourth-order valence-corrected chi connectivity index (χ4v) is 3.18. The molecule has 1 atom stereocenters. The van der Waals surface area contributed by atoms with E-state index < -0.39 is 6.04 Å². The fraction of sp³-hybridized carbons (Fsp3) is 0.391. The molecule has 0 aliphatic heterocycles. The number of ether oxygens (including phenoxy) is 1. The average Bonchev–Trinajstić information content (AvgIpc) is 2.73. The van der Waals surface area contributed by atoms with Crippen molar-refractivity contribution in [1.29, 1.82) is 0 Å². The highest BCUT2D eigenvalue weighted by Gasteiger charge is 2.28. The Balaban J connectivity index is 2.21. The van der Waals surface area contributed by atoms with Gasteiger partial charge in [-0.25, -0.2) is 4.39 Å². The molecule has 5 nitrogen and oxygen atoms in total. The Kier molecular flexibility index (Phi) is 8.19. The van der Waals surface area contributed by atoms with Gasteiger partial charge in [0, 0.05) is 13.6 Å². The minimum Gasteiger partial charge on any atom is -0.483 e. The number of hydrogen-bond donors (Lipinski definition) is 1. The number of halogens is 1. The second-order valence-electron chi connectivity index (χ2n) is 7.17. The van der Waals surface area contributed by atoms with Gasteiger partial charge in [0.05, 0.1) is 0 Å². The first-order chi connectivity index (χ1) is 13.9. The smallest absolute Gasteiger partial charge is 0.261 e. The first-order valence-corrected chi connectivity index (χ1v) is 9.84. The van der Waals surface area contributed by atoms with E-state index in [-0.39, 0.29) is 36.7 Å². The van der Waals surface area contributed by atoms with Gasteiger partial charge in [0.15, 0.2) is 6.61 Å². The van der Waals surface area contributed by atoms with Gasteiger partial charge in [-0.3, -0.25) is 9.59 Å². The van der Waals surface area contributed by atoms with Crippen LogP contribution < -0.4 is 10.1 Å². The Bertz CT molecular complexity index is 821. The summed E-state index contributed by atoms with van der Waals surface area (Å²) in [6, 6.07) is 12.9. The summed E-state index contributed by atoms with van der Waals surface area (Å²) in [7, 11) is 1.54. The summed E-state index contributed by atoms with van der Waals surface area (Å²) in [6.07, 6.45) is 0.454. The van der Waals surface area contributed by atoms with Crippen molar-refractivity contribution in [2.45, 2.75) is 45.7 Å². The summed E-state index contributed by atoms with van der Waals surface area (Å²) < 4.78 is 19.1. The van der Waals surface area contributed by atoms with Gasteiger partial charge in [-0.15, -0.1) is 0 Å². The highest BCUT2D eigenvalue weighted by molar-refractivity contribution is 5.88. The molecule has 2 aromatic carbocycles. The number of para-hydroxylation sites is 1. The van der Waals surface area contributed by atoms with Crippen molar-refractivity contribution in [3.8, 4) is 5.75 Å². The van der Waals surface area contributed by atoms with Crippen LogP contribution in [0.2, 0.25) is 0 Å². The number of hydrogen-bond acceptors (Lipinski definition) is 3. The SMILES string of the molecule is CC[C@@H](C(=O)NC)N(Cc1ccc(F)cc1)C(=O)COc1ccccc1C(C)C. The number of carbonyl (C=O) groups is 2. The predicted molar refractivity (Wildman–Crippen MR) is 111 cm³/mol. The van der Waals surface area contributed by atoms with Gasteiger partial charge in [0.25, 0.3) is 5.91 Å². The van der Waals surface area contributed by atoms with Crippen molar-refractivity contribution in [3.63, 3.8) is 0 Å². The maximum absolute atomic E-state index is 13.2. The van der Waals surface area contributed by atoms with Crippen molar-refractivity contribution in [1.82, 2.24) is 10.2 Å². The molecule has 0 saturated heterocycles. The number of nitrogens with one attached hydrogen (secondary N) is 1. The first-order valence-electron chi connectivity index (χ1n) is 9.84. The van der Waals surface area contributed by atoms with Crippen LogP contribution in [0, 0.1) is 5.82 Å². The zero-order valence-electron chi connectivity index (χ0n) is 17.4. The molecule has 0 spiro atoms. The largest absolute Gasteiger partial charge is 0.483 e. The highest BCUT2D eigenvalue weighted by atomic mass is 19.1. The summed E-state index contributed by atoms with van der Waals surface area (Å²) in [6.45, 7) is 5.98. The van der Waals surface area contributed by atoms with E-state index in [1.165, 1.54) is 17.0 Å². The van der Waals surface area contributed by atoms with Crippen molar-refractivity contribution < 1.29 is 18.7 Å². The number of nitrogens with zero attached hydrogens (tertiary/aromatic N) is 1. The molecule has 0 aromatic heterocycles. The summed E-state index contributed by atoms with van der Waals surface area (Å²) >= 11 is 0. The molecule has 0 unspecified atom stereocenters. The van der Waals surface area contributed by atoms with Crippen molar-refractivity contribution in [3.05, 3.63) is 65.5 Å². The van der Waals surface area contributed by atoms with E-state index in [1.54, 1.807) is 19.2 Å². The Morgan fingerprint density at radius 3 is 2.34 bits per heavy atom. The quantitative estimate of drug-likeness (QED) is 0.695. The van der Waals surface area contributed by atoms with Gasteiger partial charge in [0.1, 0.15) is 17.6 Å². The molecule has 0 saturated carbocycles. The maximum Gasteiger partial charge on any atom is 0.261 e. The standard InChI is InChI=1S/C23H29FN2O3/c1-5-20(23(28)25-4)26(14-17-10-12-18(24)13-11-17)22(27)15-29-21-9-7-6-8-19(21)16(2)3/h6-13,16,20H,5,14-15H2,1-4H3,(H,25,28)/t20-/m0/s1. The van der Waals surface area contributed by atoms with Crippen LogP contribution in [0.1, 0.15) is 44.2 Å². The zero-order chi connectivity index (χ0) is 21.4. The van der Waals surface area contributed by atoms with E-state index in [0.717, 1.165) is 11.1 Å². The number of carbonyl (C=O) groups excluding carboxylic acids is 2. The summed E-state index contributed by atoms with van der Waals surface area (Å²) in [5, 5.41) is 2.61. The highest BCUT2D eigenvalue weighted by Crippen LogP contribution is 2.26. The van der Waals surface area contributed by atoms with Crippen LogP contribution in [-0.2, 0) is 16.1 Å². The number of likely N-dealkylation sites (N-methyl/N-ethyl adjacent to an activating group) is 1. The van der Waals surface area contributed by atoms with Gasteiger partial charge in [-0.1, -0.05) is 51.1 Å². The van der Waals surface area contributed by atoms with Gasteiger partial charge < -0.3 is 15.0 Å². The molecule has 0 radical (unpaired) electrons. The van der Waals surface area contributed by atoms with Crippen LogP contribution in [0.5, 0.6) is 5.75 Å². The van der Waals surface area contributed by atoms with E-state index in [4.69, 9.17) is 4.74 Å². The third kappa shape index (κ3) is 6.04. The van der Waals surface area contributed by atoms with Crippen molar-refractivity contribution >= 4 is 11.8 Å². The average molecular weight is 400 g/mol. The molecule has 156 valence electrons. The second-order valence-corrected chi connectivity index (χ2v) is 7.17. The van der Waals surface area contributed by atoms with Crippen LogP contribution in [0.25, 0.3) is 0 Å². The van der Waals surface area contributed by atoms with Gasteiger partial charge in [-0.2, -0.15) is 0 Å². The lowest BCUT2D eigenvalue weighted by Gasteiger charge is -2.30. The minimum absolute atomic E-state index is 0.182. The minimum atomic E-state index is -0.638. The summed E-state index contributed by atoms with van der Waals surface area (Å²) in [4.78, 5) is 26.9. The molecular formula is C23H29FN2O3. The van der Waals surface area contributed by atoms with E-state index in [1.807, 2.05) is 31.2 Å². The van der Waals surface area contributed by atoms with Crippen molar-refractivity contribution in [2.24, 2.45) is 0 Å². The third-order valence-corrected chi connectivity index (χ3v) is 4.79. The Morgan fingerprint density at radius 2 is 1.76 bits per heavy atom. The van der Waals surface area contributed by atoms with E-state index in [9.17, 15) is 14.0 Å². The van der Waals surface area contributed by atoms with Gasteiger partial charge in [-0.05, 0) is 41.7 Å². The normalized spacial score (nSPS) is 11.8. The number of rotatable bonds is 9. The molecule has 2 aromatic rings. The monoisotopic (exact) mass is 400 g/mol. The van der Waals surface area contributed by atoms with E-state index in [2.05, 4.69) is 19.2 Å². The summed E-state index contributed by atoms with van der Waals surface area (Å²) in [5.74, 6) is 0.0175. The first kappa shape index (κ1) is 22.4. The molecule has 0 fully saturated rings. The molecule has 0 aliphatic rings. The lowest BCUT2D eigenvalue weighted by molar-refractivity contribution is -0.142. The molecular weight excluding hydrogens is 371 g/mol. The lowest BCUT2D eigenvalue weighted by Crippen LogP contribution is -2.49. The predicted octanol–water partition coefficient (Wildman–Crippen LogP) is 3.88. The van der Waals surface area contributed by atoms with Gasteiger partial charge >= 0.3 is 0 Å². The fourth-order valence-electron chi connectivity index (χ4n) is 3.18. The number of amides is 2. The van der Waals surface area contributed by atoms with Crippen LogP contribution in [-0.4, -0.2) is 36.4 Å². The van der Waals surface area contributed by atoms with Crippen molar-refractivity contribution in [2.75, 3.05) is 13.7 Å². The van der Waals surface area contributed by atoms with E-state index >= 15 is 0 Å². The molecule has 0 bridgehead atoms. The summed E-state index contributed by atoms with van der Waals surface area (Å²) in [5.41, 5.74) is 1.76. The van der Waals surface area contributed by atoms with Crippen LogP contribution in [0.15, 0.2) is 48.5 Å². The zero-order valence-corrected chi connectivity index (χ0v) is 17.4. The lowest BCUT2D eigenvalue weighted by atomic mass is 10.0. The Morgan fingerprint density at radius 1 is 1.10 bits per heavy atom. The molecule has 0 aliphatic carbocycles. The Labute approximate surface area is 171 Å². The Hall–Kier alpha value is -2.89. The van der Waals surface area contributed by atoms with Crippen LogP contribution in [0.3, 0.4) is 0 Å². The molecule has 2 amide bonds. The second kappa shape index (κ2) is 10.6. The molecule has 1 N–H and O–H groups in total. The number of benzene rings is 2. The maximum atomic E-state index is 13.2. The van der Waals surface area contributed by atoms with E-state index in [0.29, 0.717) is 12.2 Å². The molecule has 2 rings (SSSR count). The van der Waals surface area contributed by atoms with Gasteiger partial charge in [0.2, 0.25) is 5.91 Å². The molecule has 29 heavy (non-hydrogen) atoms. The third-order valence-electron chi connectivity index (χ3n) is 4.79. The van der Waals surface area contributed by atoms with Crippen LogP contribution in [0.4, 0.5) is 4.39 Å².